The van der Waals surface area contributed by atoms with E-state index in [1.807, 2.05) is 24.3 Å². The number of carbonyl (C=O) groups is 2. The SMILES string of the molecule is C=CCc1cc(C(=O)N(C)CC(=O)Nc2ccc(N3CCOCC3)cc2)cc(OC)c1OC. The van der Waals surface area contributed by atoms with E-state index in [-0.39, 0.29) is 18.4 Å². The number of nitrogens with zero attached hydrogens (tertiary/aromatic N) is 2. The zero-order valence-corrected chi connectivity index (χ0v) is 19.4. The topological polar surface area (TPSA) is 80.3 Å². The zero-order valence-electron chi connectivity index (χ0n) is 19.4. The molecule has 8 nitrogen and oxygen atoms in total. The second kappa shape index (κ2) is 11.4. The third-order valence-corrected chi connectivity index (χ3v) is 5.42. The molecule has 0 unspecified atom stereocenters. The van der Waals surface area contributed by atoms with Gasteiger partial charge in [0.25, 0.3) is 5.91 Å². The van der Waals surface area contributed by atoms with Crippen LogP contribution in [0, 0.1) is 0 Å². The van der Waals surface area contributed by atoms with Crippen LogP contribution in [0.2, 0.25) is 0 Å². The van der Waals surface area contributed by atoms with Crippen LogP contribution in [0.5, 0.6) is 11.5 Å². The highest BCUT2D eigenvalue weighted by Crippen LogP contribution is 2.33. The van der Waals surface area contributed by atoms with E-state index in [9.17, 15) is 9.59 Å². The van der Waals surface area contributed by atoms with E-state index in [2.05, 4.69) is 16.8 Å². The summed E-state index contributed by atoms with van der Waals surface area (Å²) in [6, 6.07) is 11.0. The van der Waals surface area contributed by atoms with Gasteiger partial charge in [-0.3, -0.25) is 9.59 Å². The summed E-state index contributed by atoms with van der Waals surface area (Å²) in [6.45, 7) is 6.80. The van der Waals surface area contributed by atoms with Crippen molar-refractivity contribution in [1.82, 2.24) is 4.90 Å². The summed E-state index contributed by atoms with van der Waals surface area (Å²) in [7, 11) is 4.66. The molecule has 1 saturated heterocycles. The highest BCUT2D eigenvalue weighted by atomic mass is 16.5. The van der Waals surface area contributed by atoms with E-state index in [0.717, 1.165) is 24.3 Å². The van der Waals surface area contributed by atoms with Crippen LogP contribution >= 0.6 is 0 Å². The molecule has 0 spiro atoms. The maximum absolute atomic E-state index is 13.0. The molecule has 1 heterocycles. The van der Waals surface area contributed by atoms with Gasteiger partial charge in [0, 0.05) is 42.6 Å². The van der Waals surface area contributed by atoms with Gasteiger partial charge < -0.3 is 29.3 Å². The Balaban J connectivity index is 1.64. The number of rotatable bonds is 9. The molecular weight excluding hydrogens is 422 g/mol. The summed E-state index contributed by atoms with van der Waals surface area (Å²) in [6.07, 6.45) is 2.25. The zero-order chi connectivity index (χ0) is 23.8. The van der Waals surface area contributed by atoms with Gasteiger partial charge in [-0.05, 0) is 42.8 Å². The minimum atomic E-state index is -0.293. The summed E-state index contributed by atoms with van der Waals surface area (Å²) in [5.41, 5.74) is 2.97. The summed E-state index contributed by atoms with van der Waals surface area (Å²) >= 11 is 0. The molecule has 0 atom stereocenters. The standard InChI is InChI=1S/C25H31N3O5/c1-5-6-18-15-19(16-22(31-3)24(18)32-4)25(30)27(2)17-23(29)26-20-7-9-21(10-8-20)28-11-13-33-14-12-28/h5,7-10,15-16H,1,6,11-14,17H2,2-4H3,(H,26,29). The molecule has 2 aromatic rings. The molecule has 1 N–H and O–H groups in total. The van der Waals surface area contributed by atoms with Gasteiger partial charge in [0.05, 0.1) is 34.0 Å². The van der Waals surface area contributed by atoms with Gasteiger partial charge in [0.15, 0.2) is 11.5 Å². The summed E-state index contributed by atoms with van der Waals surface area (Å²) in [5.74, 6) is 0.448. The van der Waals surface area contributed by atoms with Crippen molar-refractivity contribution in [3.05, 3.63) is 60.2 Å². The lowest BCUT2D eigenvalue weighted by atomic mass is 10.0. The molecule has 2 aromatic carbocycles. The molecule has 1 aliphatic rings. The first-order valence-electron chi connectivity index (χ1n) is 10.8. The third kappa shape index (κ3) is 6.04. The molecule has 176 valence electrons. The number of hydrogen-bond acceptors (Lipinski definition) is 6. The van der Waals surface area contributed by atoms with Gasteiger partial charge >= 0.3 is 0 Å². The second-order valence-electron chi connectivity index (χ2n) is 7.72. The molecule has 0 radical (unpaired) electrons. The summed E-state index contributed by atoms with van der Waals surface area (Å²) in [5, 5.41) is 2.85. The molecule has 0 aliphatic carbocycles. The predicted molar refractivity (Wildman–Crippen MR) is 129 cm³/mol. The average molecular weight is 454 g/mol. The minimum Gasteiger partial charge on any atom is -0.493 e. The van der Waals surface area contributed by atoms with Crippen LogP contribution in [0.1, 0.15) is 15.9 Å². The lowest BCUT2D eigenvalue weighted by Gasteiger charge is -2.28. The molecule has 0 bridgehead atoms. The van der Waals surface area contributed by atoms with E-state index in [0.29, 0.717) is 42.4 Å². The summed E-state index contributed by atoms with van der Waals surface area (Å²) < 4.78 is 16.2. The van der Waals surface area contributed by atoms with Crippen molar-refractivity contribution in [3.8, 4) is 11.5 Å². The highest BCUT2D eigenvalue weighted by molar-refractivity contribution is 5.99. The first kappa shape index (κ1) is 24.1. The van der Waals surface area contributed by atoms with Crippen molar-refractivity contribution in [3.63, 3.8) is 0 Å². The number of nitrogens with one attached hydrogen (secondary N) is 1. The Hall–Kier alpha value is -3.52. The van der Waals surface area contributed by atoms with Crippen molar-refractivity contribution in [1.29, 1.82) is 0 Å². The molecule has 1 fully saturated rings. The van der Waals surface area contributed by atoms with Crippen LogP contribution in [-0.4, -0.2) is 70.8 Å². The van der Waals surface area contributed by atoms with Crippen LogP contribution in [0.4, 0.5) is 11.4 Å². The Morgan fingerprint density at radius 3 is 2.45 bits per heavy atom. The molecule has 33 heavy (non-hydrogen) atoms. The van der Waals surface area contributed by atoms with Gasteiger partial charge in [0.2, 0.25) is 5.91 Å². The number of hydrogen-bond donors (Lipinski definition) is 1. The van der Waals surface area contributed by atoms with Crippen molar-refractivity contribution in [2.45, 2.75) is 6.42 Å². The van der Waals surface area contributed by atoms with E-state index in [4.69, 9.17) is 14.2 Å². The maximum Gasteiger partial charge on any atom is 0.254 e. The van der Waals surface area contributed by atoms with Crippen molar-refractivity contribution in [2.24, 2.45) is 0 Å². The lowest BCUT2D eigenvalue weighted by Crippen LogP contribution is -2.36. The van der Waals surface area contributed by atoms with Crippen molar-refractivity contribution >= 4 is 23.2 Å². The molecular formula is C25H31N3O5. The normalized spacial score (nSPS) is 13.2. The van der Waals surface area contributed by atoms with E-state index in [1.54, 1.807) is 32.4 Å². The largest absolute Gasteiger partial charge is 0.493 e. The monoisotopic (exact) mass is 453 g/mol. The molecule has 8 heteroatoms. The smallest absolute Gasteiger partial charge is 0.254 e. The molecule has 3 rings (SSSR count). The quantitative estimate of drug-likeness (QED) is 0.588. The van der Waals surface area contributed by atoms with Crippen LogP contribution in [0.25, 0.3) is 0 Å². The maximum atomic E-state index is 13.0. The van der Waals surface area contributed by atoms with Gasteiger partial charge in [-0.25, -0.2) is 0 Å². The average Bonchev–Trinajstić information content (AvgIpc) is 2.84. The van der Waals surface area contributed by atoms with Gasteiger partial charge in [-0.2, -0.15) is 0 Å². The number of ether oxygens (including phenoxy) is 3. The Morgan fingerprint density at radius 2 is 1.85 bits per heavy atom. The van der Waals surface area contributed by atoms with Gasteiger partial charge in [-0.1, -0.05) is 6.08 Å². The van der Waals surface area contributed by atoms with Crippen LogP contribution < -0.4 is 19.7 Å². The minimum absolute atomic E-state index is 0.0881. The molecule has 0 aromatic heterocycles. The Labute approximate surface area is 194 Å². The summed E-state index contributed by atoms with van der Waals surface area (Å²) in [4.78, 5) is 29.1. The fourth-order valence-electron chi connectivity index (χ4n) is 3.76. The number of anilines is 2. The van der Waals surface area contributed by atoms with E-state index >= 15 is 0 Å². The van der Waals surface area contributed by atoms with Crippen LogP contribution in [0.3, 0.4) is 0 Å². The number of benzene rings is 2. The van der Waals surface area contributed by atoms with E-state index < -0.39 is 0 Å². The number of allylic oxidation sites excluding steroid dienone is 1. The van der Waals surface area contributed by atoms with E-state index in [1.165, 1.54) is 12.0 Å². The van der Waals surface area contributed by atoms with Crippen LogP contribution in [-0.2, 0) is 16.0 Å². The molecule has 0 saturated carbocycles. The first-order chi connectivity index (χ1) is 16.0. The van der Waals surface area contributed by atoms with Gasteiger partial charge in [-0.15, -0.1) is 6.58 Å². The number of carbonyl (C=O) groups excluding carboxylic acids is 2. The van der Waals surface area contributed by atoms with Gasteiger partial charge in [0.1, 0.15) is 0 Å². The Morgan fingerprint density at radius 1 is 1.15 bits per heavy atom. The first-order valence-corrected chi connectivity index (χ1v) is 10.8. The Kier molecular flexibility index (Phi) is 8.32. The molecule has 1 aliphatic heterocycles. The molecule has 2 amide bonds. The fourth-order valence-corrected chi connectivity index (χ4v) is 3.76. The Bertz CT molecular complexity index is 984. The predicted octanol–water partition coefficient (Wildman–Crippen LogP) is 2.98. The van der Waals surface area contributed by atoms with Crippen molar-refractivity contribution in [2.75, 3.05) is 64.3 Å². The highest BCUT2D eigenvalue weighted by Gasteiger charge is 2.20. The number of methoxy groups -OCH3 is 2. The number of morpholine rings is 1. The van der Waals surface area contributed by atoms with Crippen LogP contribution in [0.15, 0.2) is 49.1 Å². The second-order valence-corrected chi connectivity index (χ2v) is 7.72. The lowest BCUT2D eigenvalue weighted by molar-refractivity contribution is -0.116. The third-order valence-electron chi connectivity index (χ3n) is 5.42. The fraction of sp³-hybridized carbons (Fsp3) is 0.360. The number of likely N-dealkylation sites (N-methyl/N-ethyl adjacent to an activating group) is 1. The van der Waals surface area contributed by atoms with Crippen molar-refractivity contribution < 1.29 is 23.8 Å². The number of amides is 2.